The highest BCUT2D eigenvalue weighted by molar-refractivity contribution is 8.00. The van der Waals surface area contributed by atoms with E-state index in [0.717, 1.165) is 12.1 Å². The van der Waals surface area contributed by atoms with Gasteiger partial charge in [0.2, 0.25) is 11.8 Å². The fraction of sp³-hybridized carbons (Fsp3) is 0.286. The van der Waals surface area contributed by atoms with Gasteiger partial charge in [0.05, 0.1) is 29.4 Å². The molecule has 2 amide bonds. The molecule has 0 radical (unpaired) electrons. The molecule has 28 heavy (non-hydrogen) atoms. The van der Waals surface area contributed by atoms with Crippen molar-refractivity contribution in [3.63, 3.8) is 0 Å². The predicted molar refractivity (Wildman–Crippen MR) is 113 cm³/mol. The minimum Gasteiger partial charge on any atom is -0.462 e. The molecule has 7 heteroatoms. The molecule has 0 spiro atoms. The summed E-state index contributed by atoms with van der Waals surface area (Å²) in [5.41, 5.74) is 2.63. The van der Waals surface area contributed by atoms with Crippen molar-refractivity contribution in [2.24, 2.45) is 0 Å². The summed E-state index contributed by atoms with van der Waals surface area (Å²) in [6.07, 6.45) is 0.943. The number of thioether (sulfide) groups is 1. The van der Waals surface area contributed by atoms with Crippen molar-refractivity contribution in [2.45, 2.75) is 20.3 Å². The van der Waals surface area contributed by atoms with Crippen LogP contribution < -0.4 is 10.6 Å². The van der Waals surface area contributed by atoms with Crippen molar-refractivity contribution in [1.29, 1.82) is 0 Å². The number of anilines is 2. The van der Waals surface area contributed by atoms with Crippen LogP contribution in [-0.4, -0.2) is 35.9 Å². The second kappa shape index (κ2) is 11.1. The Morgan fingerprint density at radius 3 is 2.18 bits per heavy atom. The van der Waals surface area contributed by atoms with E-state index in [4.69, 9.17) is 4.74 Å². The zero-order chi connectivity index (χ0) is 20.4. The molecule has 2 aromatic rings. The van der Waals surface area contributed by atoms with Crippen molar-refractivity contribution in [3.8, 4) is 0 Å². The SMILES string of the molecule is CCOC(=O)c1ccccc1NC(=O)CSCC(=O)Nc1ccc(CC)cc1. The van der Waals surface area contributed by atoms with Gasteiger partial charge in [0.25, 0.3) is 0 Å². The Balaban J connectivity index is 1.79. The first-order valence-corrected chi connectivity index (χ1v) is 10.2. The van der Waals surface area contributed by atoms with Crippen LogP contribution in [0.3, 0.4) is 0 Å². The molecule has 2 aromatic carbocycles. The molecule has 0 atom stereocenters. The Hall–Kier alpha value is -2.80. The van der Waals surface area contributed by atoms with Crippen molar-refractivity contribution in [1.82, 2.24) is 0 Å². The summed E-state index contributed by atoms with van der Waals surface area (Å²) in [5.74, 6) is -0.697. The fourth-order valence-electron chi connectivity index (χ4n) is 2.42. The molecular weight excluding hydrogens is 376 g/mol. The number of aryl methyl sites for hydroxylation is 1. The van der Waals surface area contributed by atoms with Gasteiger partial charge >= 0.3 is 5.97 Å². The third kappa shape index (κ3) is 6.74. The van der Waals surface area contributed by atoms with Gasteiger partial charge in [-0.25, -0.2) is 4.79 Å². The normalized spacial score (nSPS) is 10.2. The number of carbonyl (C=O) groups is 3. The maximum absolute atomic E-state index is 12.1. The third-order valence-corrected chi connectivity index (χ3v) is 4.74. The number of para-hydroxylation sites is 1. The van der Waals surface area contributed by atoms with E-state index in [9.17, 15) is 14.4 Å². The van der Waals surface area contributed by atoms with Gasteiger partial charge in [-0.3, -0.25) is 9.59 Å². The first-order valence-electron chi connectivity index (χ1n) is 9.06. The van der Waals surface area contributed by atoms with E-state index in [1.54, 1.807) is 31.2 Å². The molecule has 2 rings (SSSR count). The van der Waals surface area contributed by atoms with Gasteiger partial charge in [-0.05, 0) is 43.2 Å². The number of nitrogens with one attached hydrogen (secondary N) is 2. The number of carbonyl (C=O) groups excluding carboxylic acids is 3. The maximum atomic E-state index is 12.1. The minimum absolute atomic E-state index is 0.0966. The van der Waals surface area contributed by atoms with Crippen LogP contribution in [0.25, 0.3) is 0 Å². The number of hydrogen-bond donors (Lipinski definition) is 2. The summed E-state index contributed by atoms with van der Waals surface area (Å²) in [7, 11) is 0. The molecular formula is C21H24N2O4S. The summed E-state index contributed by atoms with van der Waals surface area (Å²) in [4.78, 5) is 36.1. The lowest BCUT2D eigenvalue weighted by Crippen LogP contribution is -2.20. The Morgan fingerprint density at radius 2 is 1.54 bits per heavy atom. The van der Waals surface area contributed by atoms with E-state index in [-0.39, 0.29) is 29.9 Å². The standard InChI is InChI=1S/C21H24N2O4S/c1-3-15-9-11-16(12-10-15)22-19(24)13-28-14-20(25)23-18-8-6-5-7-17(18)21(26)27-4-2/h5-12H,3-4,13-14H2,1-2H3,(H,22,24)(H,23,25). The molecule has 0 saturated heterocycles. The molecule has 0 aliphatic heterocycles. The number of amides is 2. The highest BCUT2D eigenvalue weighted by atomic mass is 32.2. The van der Waals surface area contributed by atoms with E-state index in [0.29, 0.717) is 11.3 Å². The first-order chi connectivity index (χ1) is 13.5. The molecule has 0 fully saturated rings. The highest BCUT2D eigenvalue weighted by Crippen LogP contribution is 2.17. The van der Waals surface area contributed by atoms with Gasteiger partial charge in [-0.1, -0.05) is 31.2 Å². The average molecular weight is 401 g/mol. The molecule has 0 saturated carbocycles. The molecule has 0 unspecified atom stereocenters. The average Bonchev–Trinajstić information content (AvgIpc) is 2.69. The zero-order valence-corrected chi connectivity index (χ0v) is 16.8. The Morgan fingerprint density at radius 1 is 0.893 bits per heavy atom. The van der Waals surface area contributed by atoms with Gasteiger partial charge in [0.15, 0.2) is 0 Å². The number of benzene rings is 2. The molecule has 148 valence electrons. The molecule has 6 nitrogen and oxygen atoms in total. The fourth-order valence-corrected chi connectivity index (χ4v) is 3.04. The lowest BCUT2D eigenvalue weighted by atomic mass is 10.1. The zero-order valence-electron chi connectivity index (χ0n) is 16.0. The third-order valence-electron chi connectivity index (χ3n) is 3.81. The van der Waals surface area contributed by atoms with E-state index in [1.807, 2.05) is 24.3 Å². The van der Waals surface area contributed by atoms with Gasteiger partial charge in [-0.15, -0.1) is 11.8 Å². The van der Waals surface area contributed by atoms with E-state index >= 15 is 0 Å². The molecule has 0 bridgehead atoms. The van der Waals surface area contributed by atoms with Crippen LogP contribution in [0.2, 0.25) is 0 Å². The van der Waals surface area contributed by atoms with Gasteiger partial charge in [0.1, 0.15) is 0 Å². The summed E-state index contributed by atoms with van der Waals surface area (Å²) in [6, 6.07) is 14.3. The largest absolute Gasteiger partial charge is 0.462 e. The van der Waals surface area contributed by atoms with Crippen LogP contribution in [0, 0.1) is 0 Å². The van der Waals surface area contributed by atoms with Crippen molar-refractivity contribution in [2.75, 3.05) is 28.7 Å². The molecule has 0 aromatic heterocycles. The van der Waals surface area contributed by atoms with Crippen LogP contribution in [0.15, 0.2) is 48.5 Å². The van der Waals surface area contributed by atoms with Crippen molar-refractivity contribution in [3.05, 3.63) is 59.7 Å². The Kier molecular flexibility index (Phi) is 8.55. The van der Waals surface area contributed by atoms with Crippen LogP contribution in [0.1, 0.15) is 29.8 Å². The van der Waals surface area contributed by atoms with Gasteiger partial charge < -0.3 is 15.4 Å². The smallest absolute Gasteiger partial charge is 0.340 e. The van der Waals surface area contributed by atoms with Crippen LogP contribution in [0.5, 0.6) is 0 Å². The van der Waals surface area contributed by atoms with Crippen molar-refractivity contribution < 1.29 is 19.1 Å². The molecule has 0 aliphatic carbocycles. The van der Waals surface area contributed by atoms with Crippen LogP contribution >= 0.6 is 11.8 Å². The van der Waals surface area contributed by atoms with E-state index < -0.39 is 5.97 Å². The minimum atomic E-state index is -0.487. The molecule has 0 aliphatic rings. The van der Waals surface area contributed by atoms with Crippen molar-refractivity contribution >= 4 is 40.9 Å². The monoisotopic (exact) mass is 400 g/mol. The number of esters is 1. The van der Waals surface area contributed by atoms with Gasteiger partial charge in [-0.2, -0.15) is 0 Å². The second-order valence-corrected chi connectivity index (χ2v) is 6.89. The highest BCUT2D eigenvalue weighted by Gasteiger charge is 2.14. The summed E-state index contributed by atoms with van der Waals surface area (Å²) < 4.78 is 4.99. The summed E-state index contributed by atoms with van der Waals surface area (Å²) >= 11 is 1.20. The Labute approximate surface area is 169 Å². The number of hydrogen-bond acceptors (Lipinski definition) is 5. The maximum Gasteiger partial charge on any atom is 0.340 e. The topological polar surface area (TPSA) is 84.5 Å². The molecule has 2 N–H and O–H groups in total. The Bertz CT molecular complexity index is 821. The second-order valence-electron chi connectivity index (χ2n) is 5.91. The summed E-state index contributed by atoms with van der Waals surface area (Å²) in [6.45, 7) is 4.05. The lowest BCUT2D eigenvalue weighted by molar-refractivity contribution is -0.114. The van der Waals surface area contributed by atoms with Crippen LogP contribution in [0.4, 0.5) is 11.4 Å². The number of rotatable bonds is 9. The van der Waals surface area contributed by atoms with E-state index in [1.165, 1.54) is 17.3 Å². The molecule has 0 heterocycles. The number of ether oxygens (including phenoxy) is 1. The van der Waals surface area contributed by atoms with E-state index in [2.05, 4.69) is 17.6 Å². The summed E-state index contributed by atoms with van der Waals surface area (Å²) in [5, 5.41) is 5.50. The van der Waals surface area contributed by atoms with Gasteiger partial charge in [0, 0.05) is 5.69 Å². The first kappa shape index (κ1) is 21.5. The predicted octanol–water partition coefficient (Wildman–Crippen LogP) is 3.74. The quantitative estimate of drug-likeness (QED) is 0.627. The van der Waals surface area contributed by atoms with Crippen LogP contribution in [-0.2, 0) is 20.7 Å². The lowest BCUT2D eigenvalue weighted by Gasteiger charge is -2.10.